The number of thiophene rings is 1. The Labute approximate surface area is 230 Å². The largest absolute Gasteiger partial charge is 0.307 e. The fraction of sp³-hybridized carbons (Fsp3) is 0.0811. The Morgan fingerprint density at radius 1 is 0.564 bits per heavy atom. The summed E-state index contributed by atoms with van der Waals surface area (Å²) in [5.74, 6) is 0. The second kappa shape index (κ2) is 7.37. The lowest BCUT2D eigenvalue weighted by Crippen LogP contribution is -2.14. The lowest BCUT2D eigenvalue weighted by molar-refractivity contribution is 0.661. The number of para-hydroxylation sites is 1. The van der Waals surface area contributed by atoms with Crippen LogP contribution < -0.4 is 0 Å². The average Bonchev–Trinajstić information content (AvgIpc) is 3.58. The van der Waals surface area contributed by atoms with Gasteiger partial charge in [0.05, 0.1) is 21.4 Å². The van der Waals surface area contributed by atoms with Gasteiger partial charge in [-0.3, -0.25) is 0 Å². The van der Waals surface area contributed by atoms with E-state index in [0.29, 0.717) is 0 Å². The van der Waals surface area contributed by atoms with Crippen LogP contribution in [0.1, 0.15) is 25.0 Å². The van der Waals surface area contributed by atoms with Gasteiger partial charge in [-0.25, -0.2) is 0 Å². The van der Waals surface area contributed by atoms with Gasteiger partial charge >= 0.3 is 0 Å². The summed E-state index contributed by atoms with van der Waals surface area (Å²) in [5, 5.41) is 7.86. The maximum absolute atomic E-state index is 2.51. The Hall–Kier alpha value is -4.40. The highest BCUT2D eigenvalue weighted by atomic mass is 32.1. The van der Waals surface area contributed by atoms with Crippen LogP contribution in [0.4, 0.5) is 0 Å². The number of rotatable bonds is 1. The molecule has 0 N–H and O–H groups in total. The molecule has 0 amide bonds. The third-order valence-electron chi connectivity index (χ3n) is 8.98. The van der Waals surface area contributed by atoms with Crippen LogP contribution in [0.5, 0.6) is 0 Å². The molecule has 2 aromatic heterocycles. The van der Waals surface area contributed by atoms with Gasteiger partial charge < -0.3 is 4.57 Å². The molecule has 0 atom stereocenters. The first-order valence-corrected chi connectivity index (χ1v) is 14.4. The van der Waals surface area contributed by atoms with Gasteiger partial charge in [0.25, 0.3) is 0 Å². The topological polar surface area (TPSA) is 4.93 Å². The Balaban J connectivity index is 1.45. The number of benzene rings is 6. The highest BCUT2D eigenvalue weighted by molar-refractivity contribution is 7.26. The van der Waals surface area contributed by atoms with Crippen molar-refractivity contribution in [3.8, 4) is 16.8 Å². The third kappa shape index (κ3) is 2.69. The quantitative estimate of drug-likeness (QED) is 0.205. The van der Waals surface area contributed by atoms with Crippen LogP contribution in [-0.4, -0.2) is 4.57 Å². The zero-order valence-electron chi connectivity index (χ0n) is 21.8. The number of fused-ring (bicyclic) bond motifs is 11. The fourth-order valence-electron chi connectivity index (χ4n) is 7.13. The molecule has 8 aromatic rings. The highest BCUT2D eigenvalue weighted by Crippen LogP contribution is 2.52. The second-order valence-electron chi connectivity index (χ2n) is 11.4. The van der Waals surface area contributed by atoms with Crippen LogP contribution in [-0.2, 0) is 5.41 Å². The first-order chi connectivity index (χ1) is 19.1. The monoisotopic (exact) mass is 515 g/mol. The van der Waals surface area contributed by atoms with Crippen LogP contribution in [0.15, 0.2) is 115 Å². The summed E-state index contributed by atoms with van der Waals surface area (Å²) in [5.41, 5.74) is 9.44. The van der Waals surface area contributed by atoms with E-state index >= 15 is 0 Å². The number of nitrogens with zero attached hydrogens (tertiary/aromatic N) is 1. The Morgan fingerprint density at radius 2 is 1.31 bits per heavy atom. The van der Waals surface area contributed by atoms with Crippen LogP contribution in [0, 0.1) is 0 Å². The van der Waals surface area contributed by atoms with Gasteiger partial charge in [0.1, 0.15) is 0 Å². The van der Waals surface area contributed by atoms with Crippen LogP contribution in [0.25, 0.3) is 69.6 Å². The number of hydrogen-bond donors (Lipinski definition) is 0. The van der Waals surface area contributed by atoms with Crippen LogP contribution in [0.2, 0.25) is 0 Å². The predicted molar refractivity (Wildman–Crippen MR) is 169 cm³/mol. The van der Waals surface area contributed by atoms with Gasteiger partial charge in [-0.05, 0) is 51.9 Å². The summed E-state index contributed by atoms with van der Waals surface area (Å²) in [7, 11) is 0. The minimum absolute atomic E-state index is 0.00344. The Bertz CT molecular complexity index is 2310. The van der Waals surface area contributed by atoms with Crippen molar-refractivity contribution in [2.75, 3.05) is 0 Å². The van der Waals surface area contributed by atoms with Gasteiger partial charge in [-0.1, -0.05) is 105 Å². The summed E-state index contributed by atoms with van der Waals surface area (Å²) >= 11 is 1.95. The first-order valence-electron chi connectivity index (χ1n) is 13.6. The van der Waals surface area contributed by atoms with E-state index in [1.807, 2.05) is 11.3 Å². The maximum atomic E-state index is 2.51. The maximum Gasteiger partial charge on any atom is 0.0720 e. The van der Waals surface area contributed by atoms with Crippen molar-refractivity contribution in [2.24, 2.45) is 0 Å². The Kier molecular flexibility index (Phi) is 4.07. The summed E-state index contributed by atoms with van der Waals surface area (Å²) in [4.78, 5) is 0. The molecule has 0 unspecified atom stereocenters. The molecule has 1 aliphatic carbocycles. The minimum Gasteiger partial charge on any atom is -0.307 e. The van der Waals surface area contributed by atoms with E-state index in [2.05, 4.69) is 134 Å². The molecule has 6 aromatic carbocycles. The van der Waals surface area contributed by atoms with Crippen molar-refractivity contribution in [1.82, 2.24) is 4.57 Å². The van der Waals surface area contributed by atoms with E-state index in [9.17, 15) is 0 Å². The molecule has 0 aliphatic heterocycles. The summed E-state index contributed by atoms with van der Waals surface area (Å²) in [6.45, 7) is 4.74. The average molecular weight is 516 g/mol. The van der Waals surface area contributed by atoms with Gasteiger partial charge in [0.2, 0.25) is 0 Å². The zero-order chi connectivity index (χ0) is 25.9. The van der Waals surface area contributed by atoms with Crippen LogP contribution >= 0.6 is 11.3 Å². The number of aromatic nitrogens is 1. The second-order valence-corrected chi connectivity index (χ2v) is 12.4. The summed E-state index contributed by atoms with van der Waals surface area (Å²) in [6, 6.07) is 42.9. The van der Waals surface area contributed by atoms with Gasteiger partial charge in [0.15, 0.2) is 0 Å². The molecule has 2 heterocycles. The molecule has 0 bridgehead atoms. The van der Waals surface area contributed by atoms with Crippen molar-refractivity contribution in [3.63, 3.8) is 0 Å². The van der Waals surface area contributed by atoms with E-state index in [0.717, 1.165) is 0 Å². The standard InChI is InChI=1S/C37H25NS/c1-37(2)30-15-7-5-13-24(30)28-20-29-27-19-18-26-25-14-6-8-16-33(25)38(35(26)36(27)39-34(29)21-31(28)37)32-17-9-11-22-10-3-4-12-23(22)32/h3-21H,1-2H3. The van der Waals surface area contributed by atoms with Gasteiger partial charge in [-0.2, -0.15) is 0 Å². The van der Waals surface area contributed by atoms with E-state index in [1.165, 1.54) is 80.7 Å². The molecule has 0 spiro atoms. The molecule has 0 radical (unpaired) electrons. The van der Waals surface area contributed by atoms with E-state index < -0.39 is 0 Å². The minimum atomic E-state index is 0.00344. The summed E-state index contributed by atoms with van der Waals surface area (Å²) in [6.07, 6.45) is 0. The zero-order valence-corrected chi connectivity index (χ0v) is 22.6. The van der Waals surface area contributed by atoms with E-state index in [4.69, 9.17) is 0 Å². The lowest BCUT2D eigenvalue weighted by Gasteiger charge is -2.21. The molecule has 1 nitrogen and oxygen atoms in total. The number of hydrogen-bond acceptors (Lipinski definition) is 1. The molecular formula is C37H25NS. The molecule has 184 valence electrons. The van der Waals surface area contributed by atoms with Crippen molar-refractivity contribution in [3.05, 3.63) is 126 Å². The lowest BCUT2D eigenvalue weighted by atomic mass is 9.82. The smallest absolute Gasteiger partial charge is 0.0720 e. The highest BCUT2D eigenvalue weighted by Gasteiger charge is 2.35. The summed E-state index contributed by atoms with van der Waals surface area (Å²) < 4.78 is 5.24. The predicted octanol–water partition coefficient (Wildman–Crippen LogP) is 10.6. The third-order valence-corrected chi connectivity index (χ3v) is 10.2. The normalized spacial score (nSPS) is 14.1. The van der Waals surface area contributed by atoms with Crippen LogP contribution in [0.3, 0.4) is 0 Å². The Morgan fingerprint density at radius 3 is 2.23 bits per heavy atom. The molecule has 2 heteroatoms. The molecule has 0 saturated carbocycles. The molecule has 0 fully saturated rings. The SMILES string of the molecule is CC1(C)c2ccccc2-c2cc3c(cc21)sc1c3ccc2c3ccccc3n(-c3cccc4ccccc34)c21. The molecular weight excluding hydrogens is 490 g/mol. The fourth-order valence-corrected chi connectivity index (χ4v) is 8.39. The van der Waals surface area contributed by atoms with E-state index in [1.54, 1.807) is 0 Å². The first kappa shape index (κ1) is 21.5. The van der Waals surface area contributed by atoms with Gasteiger partial charge in [-0.15, -0.1) is 11.3 Å². The molecule has 9 rings (SSSR count). The molecule has 1 aliphatic rings. The van der Waals surface area contributed by atoms with Gasteiger partial charge in [0, 0.05) is 37.0 Å². The van der Waals surface area contributed by atoms with Crippen molar-refractivity contribution in [1.29, 1.82) is 0 Å². The van der Waals surface area contributed by atoms with Crippen molar-refractivity contribution < 1.29 is 0 Å². The van der Waals surface area contributed by atoms with Crippen molar-refractivity contribution >= 4 is 64.1 Å². The molecule has 39 heavy (non-hydrogen) atoms. The van der Waals surface area contributed by atoms with Crippen molar-refractivity contribution in [2.45, 2.75) is 19.3 Å². The van der Waals surface area contributed by atoms with E-state index in [-0.39, 0.29) is 5.41 Å². The molecule has 0 saturated heterocycles.